The lowest BCUT2D eigenvalue weighted by atomic mass is 10.3. The molecule has 13 heteroatoms. The second kappa shape index (κ2) is 6.67. The Hall–Kier alpha value is -0.930. The van der Waals surface area contributed by atoms with Crippen molar-refractivity contribution >= 4 is 30.9 Å². The van der Waals surface area contributed by atoms with Crippen LogP contribution >= 0.6 is 15.2 Å². The van der Waals surface area contributed by atoms with Gasteiger partial charge in [-0.3, -0.25) is 13.9 Å². The Morgan fingerprint density at radius 2 is 1.55 bits per heavy atom. The third-order valence-electron chi connectivity index (χ3n) is 2.33. The molecule has 0 aromatic heterocycles. The van der Waals surface area contributed by atoms with E-state index in [9.17, 15) is 17.5 Å². The molecule has 0 unspecified atom stereocenters. The monoisotopic (exact) mass is 375 g/mol. The van der Waals surface area contributed by atoms with Crippen LogP contribution in [0.4, 0.5) is 5.69 Å². The lowest BCUT2D eigenvalue weighted by molar-refractivity contribution is 0.280. The van der Waals surface area contributed by atoms with E-state index in [4.69, 9.17) is 24.3 Å². The summed E-state index contributed by atoms with van der Waals surface area (Å²) in [5.74, 6) is 0.0611. The Morgan fingerprint density at radius 1 is 1.09 bits per heavy atom. The van der Waals surface area contributed by atoms with Crippen LogP contribution in [0.3, 0.4) is 0 Å². The molecule has 126 valence electrons. The first-order valence-electron chi connectivity index (χ1n) is 5.60. The fourth-order valence-corrected chi connectivity index (χ4v) is 4.06. The van der Waals surface area contributed by atoms with Crippen molar-refractivity contribution in [1.29, 1.82) is 0 Å². The Morgan fingerprint density at radius 3 is 1.91 bits per heavy atom. The van der Waals surface area contributed by atoms with Crippen LogP contribution in [0.2, 0.25) is 0 Å². The number of ether oxygens (including phenoxy) is 1. The molecular weight excluding hydrogens is 360 g/mol. The van der Waals surface area contributed by atoms with Gasteiger partial charge in [0.2, 0.25) is 10.0 Å². The van der Waals surface area contributed by atoms with Gasteiger partial charge >= 0.3 is 15.2 Å². The first-order valence-corrected chi connectivity index (χ1v) is 10.9. The Labute approximate surface area is 126 Å². The standard InChI is InChI=1S/C9H15NO9P2S/c1-22(17,18)10-7-2-4-8(5-3-7)19-6-9(20(11,12)13)21(14,15)16/h2-5,9-10H,6H2,1H3,(H2,11,12,13)(H2,14,15,16). The molecule has 0 saturated carbocycles. The predicted molar refractivity (Wildman–Crippen MR) is 78.3 cm³/mol. The maximum absolute atomic E-state index is 11.1. The number of anilines is 1. The van der Waals surface area contributed by atoms with Gasteiger partial charge in [0, 0.05) is 5.69 Å². The van der Waals surface area contributed by atoms with E-state index in [-0.39, 0.29) is 11.4 Å². The Kier molecular flexibility index (Phi) is 5.80. The van der Waals surface area contributed by atoms with Gasteiger partial charge in [-0.1, -0.05) is 0 Å². The summed E-state index contributed by atoms with van der Waals surface area (Å²) in [5.41, 5.74) is 0.233. The number of hydrogen-bond acceptors (Lipinski definition) is 5. The normalized spacial score (nSPS) is 13.2. The Bertz CT molecular complexity index is 683. The highest BCUT2D eigenvalue weighted by Crippen LogP contribution is 2.59. The minimum Gasteiger partial charge on any atom is -0.492 e. The molecular formula is C9H15NO9P2S. The zero-order chi connectivity index (χ0) is 17.2. The van der Waals surface area contributed by atoms with Gasteiger partial charge in [0.1, 0.15) is 12.4 Å². The van der Waals surface area contributed by atoms with Gasteiger partial charge in [0.25, 0.3) is 0 Å². The summed E-state index contributed by atoms with van der Waals surface area (Å²) in [6.07, 6.45) is 0.960. The number of sulfonamides is 1. The maximum atomic E-state index is 11.1. The van der Waals surface area contributed by atoms with Crippen molar-refractivity contribution in [3.8, 4) is 5.75 Å². The fourth-order valence-electron chi connectivity index (χ4n) is 1.39. The summed E-state index contributed by atoms with van der Waals surface area (Å²) in [5, 5.41) is -2.27. The third kappa shape index (κ3) is 6.45. The maximum Gasteiger partial charge on any atom is 0.344 e. The largest absolute Gasteiger partial charge is 0.492 e. The van der Waals surface area contributed by atoms with Crippen molar-refractivity contribution in [2.45, 2.75) is 5.40 Å². The molecule has 0 spiro atoms. The van der Waals surface area contributed by atoms with Crippen molar-refractivity contribution in [3.63, 3.8) is 0 Å². The van der Waals surface area contributed by atoms with Crippen LogP contribution < -0.4 is 9.46 Å². The third-order valence-corrected chi connectivity index (χ3v) is 6.60. The fraction of sp³-hybridized carbons (Fsp3) is 0.333. The van der Waals surface area contributed by atoms with Gasteiger partial charge in [-0.2, -0.15) is 0 Å². The summed E-state index contributed by atoms with van der Waals surface area (Å²) in [4.78, 5) is 35.7. The Balaban J connectivity index is 2.79. The molecule has 0 aliphatic rings. The quantitative estimate of drug-likeness (QED) is 0.415. The molecule has 1 rings (SSSR count). The minimum absolute atomic E-state index is 0.0611. The molecule has 0 bridgehead atoms. The second-order valence-electron chi connectivity index (χ2n) is 4.37. The molecule has 10 nitrogen and oxygen atoms in total. The zero-order valence-corrected chi connectivity index (χ0v) is 13.8. The topological polar surface area (TPSA) is 170 Å². The van der Waals surface area contributed by atoms with Crippen LogP contribution in [-0.4, -0.2) is 46.3 Å². The van der Waals surface area contributed by atoms with E-state index in [1.54, 1.807) is 0 Å². The van der Waals surface area contributed by atoms with Crippen LogP contribution in [0.15, 0.2) is 24.3 Å². The van der Waals surface area contributed by atoms with Gasteiger partial charge in [-0.05, 0) is 24.3 Å². The van der Waals surface area contributed by atoms with Gasteiger partial charge in [-0.15, -0.1) is 0 Å². The van der Waals surface area contributed by atoms with E-state index in [2.05, 4.69) is 4.72 Å². The van der Waals surface area contributed by atoms with E-state index in [0.717, 1.165) is 6.26 Å². The lowest BCUT2D eigenvalue weighted by Gasteiger charge is -2.19. The van der Waals surface area contributed by atoms with E-state index in [1.165, 1.54) is 24.3 Å². The first-order chi connectivity index (χ1) is 9.79. The highest BCUT2D eigenvalue weighted by Gasteiger charge is 2.44. The number of nitrogens with one attached hydrogen (secondary N) is 1. The lowest BCUT2D eigenvalue weighted by Crippen LogP contribution is -2.18. The summed E-state index contributed by atoms with van der Waals surface area (Å²) < 4.78 is 51.3. The van der Waals surface area contributed by atoms with Gasteiger partial charge < -0.3 is 24.3 Å². The van der Waals surface area contributed by atoms with E-state index < -0.39 is 37.2 Å². The SMILES string of the molecule is CS(=O)(=O)Nc1ccc(OCC(P(=O)(O)O)P(=O)(O)O)cc1. The molecule has 1 aromatic rings. The van der Waals surface area contributed by atoms with E-state index in [0.29, 0.717) is 0 Å². The second-order valence-corrected chi connectivity index (χ2v) is 10.1. The summed E-state index contributed by atoms with van der Waals surface area (Å²) >= 11 is 0. The molecule has 0 aliphatic heterocycles. The van der Waals surface area contributed by atoms with E-state index >= 15 is 0 Å². The van der Waals surface area contributed by atoms with Crippen molar-refractivity contribution in [2.24, 2.45) is 0 Å². The van der Waals surface area contributed by atoms with Crippen LogP contribution in [0, 0.1) is 0 Å². The van der Waals surface area contributed by atoms with Gasteiger partial charge in [0.05, 0.1) is 6.26 Å². The predicted octanol–water partition coefficient (Wildman–Crippen LogP) is 0.118. The van der Waals surface area contributed by atoms with Crippen LogP contribution in [0.1, 0.15) is 0 Å². The molecule has 0 radical (unpaired) electrons. The van der Waals surface area contributed by atoms with Crippen molar-refractivity contribution in [2.75, 3.05) is 17.6 Å². The molecule has 0 heterocycles. The molecule has 0 aliphatic carbocycles. The van der Waals surface area contributed by atoms with Gasteiger partial charge in [0.15, 0.2) is 5.40 Å². The van der Waals surface area contributed by atoms with Gasteiger partial charge in [-0.25, -0.2) is 8.42 Å². The average Bonchev–Trinajstić information content (AvgIpc) is 2.26. The molecule has 0 fully saturated rings. The number of rotatable bonds is 7. The summed E-state index contributed by atoms with van der Waals surface area (Å²) in [6.45, 7) is -0.895. The van der Waals surface area contributed by atoms with Crippen LogP contribution in [0.25, 0.3) is 0 Å². The van der Waals surface area contributed by atoms with Crippen molar-refractivity contribution in [1.82, 2.24) is 0 Å². The molecule has 1 aromatic carbocycles. The summed E-state index contributed by atoms with van der Waals surface area (Å²) in [6, 6.07) is 5.20. The zero-order valence-electron chi connectivity index (χ0n) is 11.2. The van der Waals surface area contributed by atoms with Crippen LogP contribution in [-0.2, 0) is 19.2 Å². The average molecular weight is 375 g/mol. The highest BCUT2D eigenvalue weighted by atomic mass is 32.2. The first kappa shape index (κ1) is 19.1. The minimum atomic E-state index is -5.05. The molecule has 0 amide bonds. The molecule has 0 saturated heterocycles. The van der Waals surface area contributed by atoms with Crippen molar-refractivity contribution in [3.05, 3.63) is 24.3 Å². The van der Waals surface area contributed by atoms with Crippen LogP contribution in [0.5, 0.6) is 5.75 Å². The molecule has 5 N–H and O–H groups in total. The van der Waals surface area contributed by atoms with E-state index in [1.807, 2.05) is 0 Å². The smallest absolute Gasteiger partial charge is 0.344 e. The number of benzene rings is 1. The molecule has 22 heavy (non-hydrogen) atoms. The molecule has 0 atom stereocenters. The van der Waals surface area contributed by atoms with Crippen molar-refractivity contribution < 1.29 is 41.9 Å². The highest BCUT2D eigenvalue weighted by molar-refractivity contribution is 7.92. The number of hydrogen-bond donors (Lipinski definition) is 5. The summed E-state index contributed by atoms with van der Waals surface area (Å²) in [7, 11) is -13.6.